The first-order chi connectivity index (χ1) is 16.6. The Morgan fingerprint density at radius 2 is 1.82 bits per heavy atom. The third-order valence-corrected chi connectivity index (χ3v) is 6.74. The largest absolute Gasteiger partial charge is 0.496 e. The van der Waals surface area contributed by atoms with E-state index >= 15 is 0 Å². The van der Waals surface area contributed by atoms with Gasteiger partial charge in [-0.2, -0.15) is 0 Å². The number of pyridine rings is 1. The molecule has 1 atom stereocenters. The van der Waals surface area contributed by atoms with Gasteiger partial charge in [0.05, 0.1) is 12.8 Å². The molecule has 7 heteroatoms. The van der Waals surface area contributed by atoms with Crippen molar-refractivity contribution in [2.45, 2.75) is 12.3 Å². The number of carbonyl (C=O) groups excluding carboxylic acids is 1. The SMILES string of the molecule is COc1ccccc1C(CC(=O)N1CCN(c2cccc(Cl)c2)CC1)c1cnc2ccccn12. The number of para-hydroxylation sites is 1. The number of imidazole rings is 1. The summed E-state index contributed by atoms with van der Waals surface area (Å²) in [7, 11) is 1.67. The summed E-state index contributed by atoms with van der Waals surface area (Å²) in [5, 5.41) is 0.726. The fourth-order valence-corrected chi connectivity index (χ4v) is 4.91. The van der Waals surface area contributed by atoms with E-state index in [0.29, 0.717) is 19.5 Å². The Morgan fingerprint density at radius 3 is 2.62 bits per heavy atom. The van der Waals surface area contributed by atoms with Crippen LogP contribution in [0.1, 0.15) is 23.6 Å². The van der Waals surface area contributed by atoms with Crippen LogP contribution in [0.2, 0.25) is 5.02 Å². The van der Waals surface area contributed by atoms with Gasteiger partial charge in [0.15, 0.2) is 0 Å². The first kappa shape index (κ1) is 22.3. The molecule has 2 aromatic heterocycles. The number of fused-ring (bicyclic) bond motifs is 1. The van der Waals surface area contributed by atoms with Gasteiger partial charge in [-0.05, 0) is 36.4 Å². The van der Waals surface area contributed by atoms with E-state index in [1.807, 2.05) is 78.0 Å². The number of nitrogens with zero attached hydrogens (tertiary/aromatic N) is 4. The van der Waals surface area contributed by atoms with Crippen molar-refractivity contribution in [2.24, 2.45) is 0 Å². The lowest BCUT2D eigenvalue weighted by molar-refractivity contribution is -0.131. The summed E-state index contributed by atoms with van der Waals surface area (Å²) >= 11 is 6.17. The van der Waals surface area contributed by atoms with Crippen molar-refractivity contribution < 1.29 is 9.53 Å². The van der Waals surface area contributed by atoms with Crippen LogP contribution in [0, 0.1) is 0 Å². The first-order valence-electron chi connectivity index (χ1n) is 11.5. The quantitative estimate of drug-likeness (QED) is 0.400. The highest BCUT2D eigenvalue weighted by molar-refractivity contribution is 6.30. The number of halogens is 1. The molecule has 5 rings (SSSR count). The van der Waals surface area contributed by atoms with Crippen LogP contribution in [-0.2, 0) is 4.79 Å². The van der Waals surface area contributed by atoms with E-state index in [4.69, 9.17) is 16.3 Å². The van der Waals surface area contributed by atoms with Gasteiger partial charge in [0, 0.05) is 67.2 Å². The molecule has 1 aliphatic rings. The molecule has 0 saturated carbocycles. The lowest BCUT2D eigenvalue weighted by Crippen LogP contribution is -2.49. The molecule has 1 saturated heterocycles. The minimum absolute atomic E-state index is 0.132. The molecule has 0 aliphatic carbocycles. The predicted octanol–water partition coefficient (Wildman–Crippen LogP) is 4.87. The Hall–Kier alpha value is -3.51. The molecule has 174 valence electrons. The highest BCUT2D eigenvalue weighted by Crippen LogP contribution is 2.35. The van der Waals surface area contributed by atoms with Crippen LogP contribution in [-0.4, -0.2) is 53.5 Å². The van der Waals surface area contributed by atoms with E-state index in [1.165, 1.54) is 0 Å². The highest BCUT2D eigenvalue weighted by atomic mass is 35.5. The molecule has 1 aliphatic heterocycles. The van der Waals surface area contributed by atoms with Crippen molar-refractivity contribution in [1.82, 2.24) is 14.3 Å². The topological polar surface area (TPSA) is 50.1 Å². The van der Waals surface area contributed by atoms with Gasteiger partial charge in [-0.1, -0.05) is 41.9 Å². The van der Waals surface area contributed by atoms with Gasteiger partial charge >= 0.3 is 0 Å². The number of anilines is 1. The molecule has 3 heterocycles. The van der Waals surface area contributed by atoms with Gasteiger partial charge in [-0.3, -0.25) is 4.79 Å². The molecule has 34 heavy (non-hydrogen) atoms. The Balaban J connectivity index is 1.38. The maximum atomic E-state index is 13.5. The van der Waals surface area contributed by atoms with Gasteiger partial charge in [0.1, 0.15) is 11.4 Å². The van der Waals surface area contributed by atoms with Crippen LogP contribution in [0.15, 0.2) is 79.1 Å². The fraction of sp³-hybridized carbons (Fsp3) is 0.259. The zero-order valence-electron chi connectivity index (χ0n) is 19.1. The molecule has 0 spiro atoms. The average Bonchev–Trinajstić information content (AvgIpc) is 3.31. The fourth-order valence-electron chi connectivity index (χ4n) is 4.73. The molecule has 1 fully saturated rings. The Morgan fingerprint density at radius 1 is 1.03 bits per heavy atom. The van der Waals surface area contributed by atoms with Crippen molar-refractivity contribution in [3.8, 4) is 5.75 Å². The standard InChI is InChI=1S/C27H27ClN4O2/c1-34-25-10-3-2-9-22(25)23(24-19-29-26-11-4-5-12-32(24)26)18-27(33)31-15-13-30(14-16-31)21-8-6-7-20(28)17-21/h2-12,17,19,23H,13-16,18H2,1H3. The number of carbonyl (C=O) groups is 1. The van der Waals surface area contributed by atoms with Crippen molar-refractivity contribution in [2.75, 3.05) is 38.2 Å². The molecule has 1 unspecified atom stereocenters. The van der Waals surface area contributed by atoms with Crippen LogP contribution in [0.5, 0.6) is 5.75 Å². The summed E-state index contributed by atoms with van der Waals surface area (Å²) in [6, 6.07) is 21.7. The normalized spacial score (nSPS) is 14.9. The second-order valence-corrected chi connectivity index (χ2v) is 8.89. The Labute approximate surface area is 204 Å². The number of ether oxygens (including phenoxy) is 1. The number of aromatic nitrogens is 2. The summed E-state index contributed by atoms with van der Waals surface area (Å²) < 4.78 is 7.72. The van der Waals surface area contributed by atoms with Crippen LogP contribution >= 0.6 is 11.6 Å². The van der Waals surface area contributed by atoms with Gasteiger partial charge in [-0.15, -0.1) is 0 Å². The Kier molecular flexibility index (Phi) is 6.41. The number of methoxy groups -OCH3 is 1. The van der Waals surface area contributed by atoms with Crippen LogP contribution < -0.4 is 9.64 Å². The number of amides is 1. The summed E-state index contributed by atoms with van der Waals surface area (Å²) in [5.41, 5.74) is 3.92. The second-order valence-electron chi connectivity index (χ2n) is 8.46. The average molecular weight is 475 g/mol. The summed E-state index contributed by atoms with van der Waals surface area (Å²) in [6.45, 7) is 2.91. The van der Waals surface area contributed by atoms with E-state index in [2.05, 4.69) is 20.4 Å². The lowest BCUT2D eigenvalue weighted by Gasteiger charge is -2.36. The summed E-state index contributed by atoms with van der Waals surface area (Å²) in [4.78, 5) is 22.3. The van der Waals surface area contributed by atoms with Gasteiger partial charge in [0.25, 0.3) is 0 Å². The zero-order chi connectivity index (χ0) is 23.5. The third-order valence-electron chi connectivity index (χ3n) is 6.50. The van der Waals surface area contributed by atoms with E-state index in [-0.39, 0.29) is 11.8 Å². The molecule has 6 nitrogen and oxygen atoms in total. The minimum Gasteiger partial charge on any atom is -0.496 e. The van der Waals surface area contributed by atoms with E-state index in [1.54, 1.807) is 7.11 Å². The maximum Gasteiger partial charge on any atom is 0.223 e. The molecule has 1 amide bonds. The molecular formula is C27H27ClN4O2. The molecular weight excluding hydrogens is 448 g/mol. The molecule has 0 N–H and O–H groups in total. The lowest BCUT2D eigenvalue weighted by atomic mass is 9.91. The minimum atomic E-state index is -0.174. The van der Waals surface area contributed by atoms with Gasteiger partial charge < -0.3 is 18.9 Å². The number of piperazine rings is 1. The maximum absolute atomic E-state index is 13.5. The van der Waals surface area contributed by atoms with E-state index < -0.39 is 0 Å². The zero-order valence-corrected chi connectivity index (χ0v) is 19.9. The molecule has 2 aromatic carbocycles. The van der Waals surface area contributed by atoms with Crippen molar-refractivity contribution in [3.05, 3.63) is 95.4 Å². The molecule has 4 aromatic rings. The van der Waals surface area contributed by atoms with Crippen LogP contribution in [0.25, 0.3) is 5.65 Å². The van der Waals surface area contributed by atoms with Crippen molar-refractivity contribution in [1.29, 1.82) is 0 Å². The van der Waals surface area contributed by atoms with Crippen LogP contribution in [0.4, 0.5) is 5.69 Å². The summed E-state index contributed by atoms with van der Waals surface area (Å²) in [6.07, 6.45) is 4.21. The van der Waals surface area contributed by atoms with Crippen molar-refractivity contribution >= 4 is 28.8 Å². The van der Waals surface area contributed by atoms with Gasteiger partial charge in [-0.25, -0.2) is 4.98 Å². The molecule has 0 bridgehead atoms. The number of hydrogen-bond acceptors (Lipinski definition) is 4. The highest BCUT2D eigenvalue weighted by Gasteiger charge is 2.28. The third kappa shape index (κ3) is 4.46. The monoisotopic (exact) mass is 474 g/mol. The van der Waals surface area contributed by atoms with E-state index in [9.17, 15) is 4.79 Å². The Bertz CT molecular complexity index is 1300. The summed E-state index contributed by atoms with van der Waals surface area (Å²) in [5.74, 6) is 0.733. The van der Waals surface area contributed by atoms with E-state index in [0.717, 1.165) is 46.5 Å². The predicted molar refractivity (Wildman–Crippen MR) is 135 cm³/mol. The van der Waals surface area contributed by atoms with Gasteiger partial charge in [0.2, 0.25) is 5.91 Å². The number of hydrogen-bond donors (Lipinski definition) is 0. The second kappa shape index (κ2) is 9.77. The smallest absolute Gasteiger partial charge is 0.223 e. The molecule has 0 radical (unpaired) electrons. The number of rotatable bonds is 6. The van der Waals surface area contributed by atoms with Crippen molar-refractivity contribution in [3.63, 3.8) is 0 Å². The van der Waals surface area contributed by atoms with Crippen LogP contribution in [0.3, 0.4) is 0 Å². The number of benzene rings is 2. The first-order valence-corrected chi connectivity index (χ1v) is 11.8.